The van der Waals surface area contributed by atoms with Gasteiger partial charge in [-0.2, -0.15) is 0 Å². The van der Waals surface area contributed by atoms with E-state index in [1.54, 1.807) is 0 Å². The van der Waals surface area contributed by atoms with E-state index < -0.39 is 0 Å². The van der Waals surface area contributed by atoms with Gasteiger partial charge in [-0.25, -0.2) is 0 Å². The maximum Gasteiger partial charge on any atom is 0.270 e. The minimum absolute atomic E-state index is 0.166. The predicted molar refractivity (Wildman–Crippen MR) is 77.8 cm³/mol. The fourth-order valence-electron chi connectivity index (χ4n) is 2.98. The molecule has 0 unspecified atom stereocenters. The Kier molecular flexibility index (Phi) is 3.83. The van der Waals surface area contributed by atoms with E-state index >= 15 is 0 Å². The Morgan fingerprint density at radius 1 is 1.45 bits per heavy atom. The molecule has 110 valence electrons. The highest BCUT2D eigenvalue weighted by atomic mass is 16.5. The first-order valence-corrected chi connectivity index (χ1v) is 7.73. The molecule has 1 aliphatic heterocycles. The zero-order chi connectivity index (χ0) is 14.1. The van der Waals surface area contributed by atoms with E-state index in [1.807, 2.05) is 23.2 Å². The summed E-state index contributed by atoms with van der Waals surface area (Å²) in [4.78, 5) is 14.7. The van der Waals surface area contributed by atoms with Crippen molar-refractivity contribution in [1.29, 1.82) is 0 Å². The van der Waals surface area contributed by atoms with Crippen LogP contribution in [0.5, 0.6) is 0 Å². The standard InChI is InChI=1S/C16H24N2O2/c1-12(2)10-14-11-17(8-9-20-14)16(19)15-4-3-7-18(15)13-5-6-13/h3-4,7,12-14H,5-6,8-11H2,1-2H3/t14-/m1/s1. The van der Waals surface area contributed by atoms with E-state index in [0.717, 1.165) is 18.7 Å². The molecule has 4 heteroatoms. The molecule has 0 radical (unpaired) electrons. The van der Waals surface area contributed by atoms with Crippen LogP contribution in [0, 0.1) is 5.92 Å². The summed E-state index contributed by atoms with van der Waals surface area (Å²) < 4.78 is 7.92. The largest absolute Gasteiger partial charge is 0.375 e. The van der Waals surface area contributed by atoms with Crippen LogP contribution in [0.3, 0.4) is 0 Å². The lowest BCUT2D eigenvalue weighted by Gasteiger charge is -2.34. The lowest BCUT2D eigenvalue weighted by atomic mass is 10.0. The van der Waals surface area contributed by atoms with Gasteiger partial charge in [0, 0.05) is 25.3 Å². The lowest BCUT2D eigenvalue weighted by Crippen LogP contribution is -2.46. The Morgan fingerprint density at radius 3 is 2.95 bits per heavy atom. The summed E-state index contributed by atoms with van der Waals surface area (Å²) in [5.41, 5.74) is 0.845. The number of nitrogens with zero attached hydrogens (tertiary/aromatic N) is 2. The highest BCUT2D eigenvalue weighted by Crippen LogP contribution is 2.36. The van der Waals surface area contributed by atoms with Crippen molar-refractivity contribution in [1.82, 2.24) is 9.47 Å². The van der Waals surface area contributed by atoms with Gasteiger partial charge in [-0.1, -0.05) is 13.8 Å². The molecule has 2 heterocycles. The lowest BCUT2D eigenvalue weighted by molar-refractivity contribution is -0.0301. The van der Waals surface area contributed by atoms with E-state index in [0.29, 0.717) is 25.1 Å². The number of morpholine rings is 1. The molecule has 0 N–H and O–H groups in total. The Balaban J connectivity index is 1.68. The molecule has 0 aromatic carbocycles. The van der Waals surface area contributed by atoms with Crippen molar-refractivity contribution in [3.05, 3.63) is 24.0 Å². The fourth-order valence-corrected chi connectivity index (χ4v) is 2.98. The predicted octanol–water partition coefficient (Wildman–Crippen LogP) is 2.71. The summed E-state index contributed by atoms with van der Waals surface area (Å²) in [6, 6.07) is 4.49. The second-order valence-electron chi connectivity index (χ2n) is 6.41. The highest BCUT2D eigenvalue weighted by molar-refractivity contribution is 5.93. The van der Waals surface area contributed by atoms with Crippen LogP contribution in [-0.4, -0.2) is 41.2 Å². The summed E-state index contributed by atoms with van der Waals surface area (Å²) in [5.74, 6) is 0.768. The van der Waals surface area contributed by atoms with Gasteiger partial charge in [0.15, 0.2) is 0 Å². The first-order valence-electron chi connectivity index (χ1n) is 7.73. The molecule has 1 saturated heterocycles. The third kappa shape index (κ3) is 2.90. The van der Waals surface area contributed by atoms with Crippen molar-refractivity contribution in [2.45, 2.75) is 45.3 Å². The molecule has 1 saturated carbocycles. The quantitative estimate of drug-likeness (QED) is 0.847. The van der Waals surface area contributed by atoms with Crippen molar-refractivity contribution < 1.29 is 9.53 Å². The van der Waals surface area contributed by atoms with Crippen LogP contribution in [0.4, 0.5) is 0 Å². The minimum Gasteiger partial charge on any atom is -0.375 e. The average Bonchev–Trinajstić information content (AvgIpc) is 3.15. The number of hydrogen-bond donors (Lipinski definition) is 0. The SMILES string of the molecule is CC(C)C[C@@H]1CN(C(=O)c2cccn2C2CC2)CCO1. The zero-order valence-electron chi connectivity index (χ0n) is 12.4. The molecule has 0 bridgehead atoms. The van der Waals surface area contributed by atoms with Crippen LogP contribution < -0.4 is 0 Å². The van der Waals surface area contributed by atoms with Gasteiger partial charge >= 0.3 is 0 Å². The van der Waals surface area contributed by atoms with Gasteiger partial charge in [-0.15, -0.1) is 0 Å². The Labute approximate surface area is 120 Å². The number of rotatable bonds is 4. The van der Waals surface area contributed by atoms with Crippen molar-refractivity contribution >= 4 is 5.91 Å². The molecule has 2 aliphatic rings. The molecule has 1 aromatic rings. The number of hydrogen-bond acceptors (Lipinski definition) is 2. The maximum atomic E-state index is 12.7. The first kappa shape index (κ1) is 13.7. The van der Waals surface area contributed by atoms with Gasteiger partial charge in [0.25, 0.3) is 5.91 Å². The fraction of sp³-hybridized carbons (Fsp3) is 0.688. The third-order valence-electron chi connectivity index (χ3n) is 4.10. The molecule has 1 aliphatic carbocycles. The van der Waals surface area contributed by atoms with Gasteiger partial charge in [-0.3, -0.25) is 4.79 Å². The molecule has 1 atom stereocenters. The number of ether oxygens (including phenoxy) is 1. The average molecular weight is 276 g/mol. The molecule has 2 fully saturated rings. The molecular weight excluding hydrogens is 252 g/mol. The maximum absolute atomic E-state index is 12.7. The topological polar surface area (TPSA) is 34.5 Å². The molecular formula is C16H24N2O2. The van der Waals surface area contributed by atoms with E-state index in [2.05, 4.69) is 18.4 Å². The summed E-state index contributed by atoms with van der Waals surface area (Å²) in [5, 5.41) is 0. The number of amides is 1. The number of carbonyl (C=O) groups is 1. The van der Waals surface area contributed by atoms with Crippen molar-refractivity contribution in [2.75, 3.05) is 19.7 Å². The normalized spacial score (nSPS) is 23.4. The Hall–Kier alpha value is -1.29. The molecule has 1 amide bonds. The second-order valence-corrected chi connectivity index (χ2v) is 6.41. The van der Waals surface area contributed by atoms with Crippen LogP contribution in [0.15, 0.2) is 18.3 Å². The van der Waals surface area contributed by atoms with Crippen LogP contribution >= 0.6 is 0 Å². The molecule has 1 aromatic heterocycles. The van der Waals surface area contributed by atoms with Gasteiger partial charge in [0.05, 0.1) is 12.7 Å². The molecule has 20 heavy (non-hydrogen) atoms. The van der Waals surface area contributed by atoms with E-state index in [9.17, 15) is 4.79 Å². The van der Waals surface area contributed by atoms with E-state index in [-0.39, 0.29) is 12.0 Å². The summed E-state index contributed by atoms with van der Waals surface area (Å²) in [6.07, 6.45) is 5.66. The smallest absolute Gasteiger partial charge is 0.270 e. The molecule has 4 nitrogen and oxygen atoms in total. The summed E-state index contributed by atoms with van der Waals surface area (Å²) in [7, 11) is 0. The number of carbonyl (C=O) groups excluding carboxylic acids is 1. The third-order valence-corrected chi connectivity index (χ3v) is 4.10. The van der Waals surface area contributed by atoms with Gasteiger partial charge in [-0.05, 0) is 37.3 Å². The monoisotopic (exact) mass is 276 g/mol. The van der Waals surface area contributed by atoms with Gasteiger partial charge in [0.2, 0.25) is 0 Å². The molecule has 3 rings (SSSR count). The van der Waals surface area contributed by atoms with Crippen molar-refractivity contribution in [3.8, 4) is 0 Å². The zero-order valence-corrected chi connectivity index (χ0v) is 12.4. The summed E-state index contributed by atoms with van der Waals surface area (Å²) in [6.45, 7) is 6.49. The van der Waals surface area contributed by atoms with Crippen molar-refractivity contribution in [2.24, 2.45) is 5.92 Å². The van der Waals surface area contributed by atoms with Crippen LogP contribution in [0.2, 0.25) is 0 Å². The Bertz CT molecular complexity index is 477. The first-order chi connectivity index (χ1) is 9.65. The van der Waals surface area contributed by atoms with Crippen LogP contribution in [-0.2, 0) is 4.74 Å². The van der Waals surface area contributed by atoms with Gasteiger partial charge < -0.3 is 14.2 Å². The second kappa shape index (κ2) is 5.60. The highest BCUT2D eigenvalue weighted by Gasteiger charge is 2.30. The van der Waals surface area contributed by atoms with Crippen molar-refractivity contribution in [3.63, 3.8) is 0 Å². The van der Waals surface area contributed by atoms with Crippen LogP contribution in [0.1, 0.15) is 49.6 Å². The minimum atomic E-state index is 0.166. The van der Waals surface area contributed by atoms with Gasteiger partial charge in [0.1, 0.15) is 5.69 Å². The van der Waals surface area contributed by atoms with E-state index in [1.165, 1.54) is 12.8 Å². The molecule has 0 spiro atoms. The van der Waals surface area contributed by atoms with E-state index in [4.69, 9.17) is 4.74 Å². The summed E-state index contributed by atoms with van der Waals surface area (Å²) >= 11 is 0. The number of aromatic nitrogens is 1. The van der Waals surface area contributed by atoms with Crippen LogP contribution in [0.25, 0.3) is 0 Å². The Morgan fingerprint density at radius 2 is 2.25 bits per heavy atom.